The van der Waals surface area contributed by atoms with Gasteiger partial charge in [-0.05, 0) is 86.3 Å². The van der Waals surface area contributed by atoms with Crippen molar-refractivity contribution in [3.05, 3.63) is 76.5 Å². The average molecular weight is 580 g/mol. The molecule has 2 fully saturated rings. The largest absolute Gasteiger partial charge is 0.482 e. The highest BCUT2D eigenvalue weighted by Crippen LogP contribution is 2.49. The molecule has 3 heterocycles. The SMILES string of the molecule is C=Cc1cc(F)c(-c2ncnc3cc(C4CCCOCC4)sc23)cc1C(/C(C)=C/C=C(/OC)N(C)C)C1CC1.CC.[HH]. The zero-order valence-corrected chi connectivity index (χ0v) is 26.2. The molecule has 1 aromatic carbocycles. The van der Waals surface area contributed by atoms with Gasteiger partial charge in [0.25, 0.3) is 0 Å². The minimum absolute atomic E-state index is 0. The van der Waals surface area contributed by atoms with Crippen molar-refractivity contribution < 1.29 is 15.3 Å². The van der Waals surface area contributed by atoms with Gasteiger partial charge in [0.2, 0.25) is 0 Å². The Morgan fingerprint density at radius 3 is 2.61 bits per heavy atom. The molecule has 5 nitrogen and oxygen atoms in total. The van der Waals surface area contributed by atoms with Crippen LogP contribution < -0.4 is 0 Å². The molecule has 41 heavy (non-hydrogen) atoms. The van der Waals surface area contributed by atoms with Crippen LogP contribution in [0.4, 0.5) is 4.39 Å². The molecule has 2 aromatic heterocycles. The Kier molecular flexibility index (Phi) is 10.7. The summed E-state index contributed by atoms with van der Waals surface area (Å²) in [5, 5.41) is 0. The van der Waals surface area contributed by atoms with Crippen LogP contribution in [0.5, 0.6) is 0 Å². The lowest BCUT2D eigenvalue weighted by Crippen LogP contribution is -2.12. The normalized spacial score (nSPS) is 18.8. The highest BCUT2D eigenvalue weighted by Gasteiger charge is 2.35. The number of benzene rings is 1. The predicted molar refractivity (Wildman–Crippen MR) is 172 cm³/mol. The van der Waals surface area contributed by atoms with Crippen LogP contribution in [-0.2, 0) is 9.47 Å². The van der Waals surface area contributed by atoms with E-state index in [1.165, 1.54) is 10.5 Å². The molecule has 0 N–H and O–H groups in total. The van der Waals surface area contributed by atoms with E-state index in [1.54, 1.807) is 36.9 Å². The van der Waals surface area contributed by atoms with Crippen molar-refractivity contribution in [2.24, 2.45) is 5.92 Å². The summed E-state index contributed by atoms with van der Waals surface area (Å²) in [6.45, 7) is 11.8. The number of methoxy groups -OCH3 is 1. The Labute approximate surface area is 250 Å². The van der Waals surface area contributed by atoms with Crippen molar-refractivity contribution in [2.45, 2.75) is 64.7 Å². The van der Waals surface area contributed by atoms with Gasteiger partial charge in [-0.3, -0.25) is 0 Å². The number of hydrogen-bond acceptors (Lipinski definition) is 6. The third kappa shape index (κ3) is 7.07. The first-order valence-corrected chi connectivity index (χ1v) is 15.6. The van der Waals surface area contributed by atoms with Crippen LogP contribution in [-0.4, -0.2) is 49.3 Å². The Morgan fingerprint density at radius 1 is 1.15 bits per heavy atom. The molecule has 2 aliphatic rings. The van der Waals surface area contributed by atoms with Gasteiger partial charge in [0.15, 0.2) is 5.88 Å². The Balaban J connectivity index is 0.00000158. The quantitative estimate of drug-likeness (QED) is 0.187. The fourth-order valence-corrected chi connectivity index (χ4v) is 6.98. The molecule has 0 radical (unpaired) electrons. The van der Waals surface area contributed by atoms with E-state index in [0.717, 1.165) is 72.5 Å². The first-order valence-electron chi connectivity index (χ1n) is 14.8. The number of ether oxygens (including phenoxy) is 2. The zero-order chi connectivity index (χ0) is 29.5. The number of hydrogen-bond donors (Lipinski definition) is 0. The van der Waals surface area contributed by atoms with Crippen LogP contribution in [0.2, 0.25) is 0 Å². The number of nitrogens with zero attached hydrogens (tertiary/aromatic N) is 3. The monoisotopic (exact) mass is 579 g/mol. The molecule has 1 aliphatic carbocycles. The molecule has 1 saturated heterocycles. The lowest BCUT2D eigenvalue weighted by Gasteiger charge is -2.22. The van der Waals surface area contributed by atoms with Crippen LogP contribution in [0.15, 0.2) is 54.7 Å². The molecule has 222 valence electrons. The van der Waals surface area contributed by atoms with Gasteiger partial charge >= 0.3 is 0 Å². The number of allylic oxidation sites excluding steroid dienone is 3. The summed E-state index contributed by atoms with van der Waals surface area (Å²) in [6, 6.07) is 5.81. The first kappa shape index (κ1) is 30.9. The summed E-state index contributed by atoms with van der Waals surface area (Å²) in [7, 11) is 5.60. The van der Waals surface area contributed by atoms with Crippen LogP contribution in [0.25, 0.3) is 27.6 Å². The highest BCUT2D eigenvalue weighted by molar-refractivity contribution is 7.19. The minimum Gasteiger partial charge on any atom is -0.482 e. The van der Waals surface area contributed by atoms with Crippen molar-refractivity contribution in [3.8, 4) is 11.3 Å². The van der Waals surface area contributed by atoms with Crippen LogP contribution in [0.1, 0.15) is 82.1 Å². The topological polar surface area (TPSA) is 47.5 Å². The fraction of sp³-hybridized carbons (Fsp3) is 0.471. The highest BCUT2D eigenvalue weighted by atomic mass is 32.1. The smallest absolute Gasteiger partial charge is 0.188 e. The second kappa shape index (κ2) is 14.2. The summed E-state index contributed by atoms with van der Waals surface area (Å²) >= 11 is 1.70. The summed E-state index contributed by atoms with van der Waals surface area (Å²) < 4.78 is 27.9. The summed E-state index contributed by atoms with van der Waals surface area (Å²) in [6.07, 6.45) is 12.9. The predicted octanol–water partition coefficient (Wildman–Crippen LogP) is 9.19. The van der Waals surface area contributed by atoms with Gasteiger partial charge in [0.05, 0.1) is 23.0 Å². The molecule has 1 aliphatic heterocycles. The Hall–Kier alpha value is -3.03. The zero-order valence-electron chi connectivity index (χ0n) is 25.4. The fourth-order valence-electron chi connectivity index (χ4n) is 5.69. The van der Waals surface area contributed by atoms with E-state index >= 15 is 4.39 Å². The maximum Gasteiger partial charge on any atom is 0.188 e. The molecule has 5 rings (SSSR count). The molecule has 0 spiro atoms. The molecular formula is C34H46FN3O2S. The van der Waals surface area contributed by atoms with Gasteiger partial charge in [-0.2, -0.15) is 0 Å². The van der Waals surface area contributed by atoms with Crippen molar-refractivity contribution in [3.63, 3.8) is 0 Å². The summed E-state index contributed by atoms with van der Waals surface area (Å²) in [5.41, 5.74) is 5.23. The number of aromatic nitrogens is 2. The van der Waals surface area contributed by atoms with Crippen LogP contribution >= 0.6 is 11.3 Å². The van der Waals surface area contributed by atoms with Gasteiger partial charge < -0.3 is 14.4 Å². The molecule has 2 unspecified atom stereocenters. The van der Waals surface area contributed by atoms with E-state index in [-0.39, 0.29) is 13.2 Å². The van der Waals surface area contributed by atoms with Gasteiger partial charge in [-0.25, -0.2) is 14.4 Å². The summed E-state index contributed by atoms with van der Waals surface area (Å²) in [4.78, 5) is 12.4. The number of rotatable bonds is 9. The van der Waals surface area contributed by atoms with E-state index in [9.17, 15) is 0 Å². The van der Waals surface area contributed by atoms with Crippen molar-refractivity contribution in [2.75, 3.05) is 34.4 Å². The van der Waals surface area contributed by atoms with Crippen molar-refractivity contribution in [1.29, 1.82) is 0 Å². The van der Waals surface area contributed by atoms with Gasteiger partial charge in [0.1, 0.15) is 12.1 Å². The van der Waals surface area contributed by atoms with E-state index in [1.807, 2.05) is 45.0 Å². The van der Waals surface area contributed by atoms with Crippen LogP contribution in [0, 0.1) is 11.7 Å². The third-order valence-electron chi connectivity index (χ3n) is 7.89. The number of halogens is 1. The van der Waals surface area contributed by atoms with E-state index in [4.69, 9.17) is 9.47 Å². The average Bonchev–Trinajstić information content (AvgIpc) is 3.77. The number of fused-ring (bicyclic) bond motifs is 1. The molecule has 0 amide bonds. The van der Waals surface area contributed by atoms with Crippen molar-refractivity contribution in [1.82, 2.24) is 14.9 Å². The first-order chi connectivity index (χ1) is 19.9. The number of thiophene rings is 1. The minimum atomic E-state index is -0.281. The Morgan fingerprint density at radius 2 is 1.93 bits per heavy atom. The molecule has 7 heteroatoms. The van der Waals surface area contributed by atoms with E-state index < -0.39 is 0 Å². The third-order valence-corrected chi connectivity index (χ3v) is 9.18. The lowest BCUT2D eigenvalue weighted by molar-refractivity contribution is 0.143. The Bertz CT molecular complexity index is 1410. The molecule has 3 aromatic rings. The van der Waals surface area contributed by atoms with Crippen LogP contribution in [0.3, 0.4) is 0 Å². The van der Waals surface area contributed by atoms with E-state index in [2.05, 4.69) is 35.6 Å². The molecule has 2 atom stereocenters. The maximum atomic E-state index is 15.7. The maximum absolute atomic E-state index is 15.7. The second-order valence-corrected chi connectivity index (χ2v) is 11.9. The van der Waals surface area contributed by atoms with Gasteiger partial charge in [-0.15, -0.1) is 11.3 Å². The summed E-state index contributed by atoms with van der Waals surface area (Å²) in [5.74, 6) is 1.63. The second-order valence-electron chi connectivity index (χ2n) is 10.8. The standard InChI is InChI=1S/C32H38FN3O2S.C2H6.H2/c1-6-21-16-26(33)25(17-24(21)30(23-10-11-23)20(2)9-12-29(37-5)36(3)4)31-32-27(34-19-35-31)18-28(39-32)22-8-7-14-38-15-13-22;1-2;/h6,9,12,16-19,22-23,30H,1,7-8,10-11,13-15H2,2-5H3;1-2H3;1H/b20-9+,29-12+;;. The van der Waals surface area contributed by atoms with Gasteiger partial charge in [0, 0.05) is 45.1 Å². The molecule has 0 bridgehead atoms. The molecule has 1 saturated carbocycles. The van der Waals surface area contributed by atoms with Gasteiger partial charge in [-0.1, -0.05) is 38.2 Å². The van der Waals surface area contributed by atoms with Crippen molar-refractivity contribution >= 4 is 27.6 Å². The van der Waals surface area contributed by atoms with E-state index in [0.29, 0.717) is 23.1 Å². The molecular weight excluding hydrogens is 533 g/mol. The lowest BCUT2D eigenvalue weighted by atomic mass is 9.83.